The van der Waals surface area contributed by atoms with Crippen LogP contribution in [0.5, 0.6) is 0 Å². The molecule has 0 aliphatic carbocycles. The molecule has 19 heavy (non-hydrogen) atoms. The highest BCUT2D eigenvalue weighted by atomic mass is 35.5. The standard InChI is InChI=1S/C14H9ClF2NO/c15-12-5-2-1-4-10(12)8-18-19-9-11-13(16)6-3-7-14(11)17/h1-7H,9H2. The Morgan fingerprint density at radius 1 is 1.05 bits per heavy atom. The van der Waals surface area contributed by atoms with E-state index in [0.29, 0.717) is 10.6 Å². The summed E-state index contributed by atoms with van der Waals surface area (Å²) in [6.07, 6.45) is 2.55. The molecule has 2 rings (SSSR count). The van der Waals surface area contributed by atoms with Gasteiger partial charge in [0.1, 0.15) is 24.5 Å². The van der Waals surface area contributed by atoms with Gasteiger partial charge in [-0.1, -0.05) is 41.0 Å². The summed E-state index contributed by atoms with van der Waals surface area (Å²) in [5, 5.41) is 3.98. The Balaban J connectivity index is 1.99. The van der Waals surface area contributed by atoms with E-state index >= 15 is 0 Å². The van der Waals surface area contributed by atoms with Crippen molar-refractivity contribution in [3.05, 3.63) is 70.2 Å². The lowest BCUT2D eigenvalue weighted by Gasteiger charge is -2.02. The van der Waals surface area contributed by atoms with Gasteiger partial charge in [0.05, 0.1) is 10.6 Å². The normalized spacial score (nSPS) is 10.9. The first-order valence-electron chi connectivity index (χ1n) is 5.44. The predicted molar refractivity (Wildman–Crippen MR) is 69.1 cm³/mol. The molecular weight excluding hydrogens is 272 g/mol. The summed E-state index contributed by atoms with van der Waals surface area (Å²) in [7, 11) is 0. The molecule has 2 aromatic rings. The van der Waals surface area contributed by atoms with Crippen LogP contribution in [0.15, 0.2) is 47.6 Å². The van der Waals surface area contributed by atoms with E-state index in [1.165, 1.54) is 6.07 Å². The average Bonchev–Trinajstić information content (AvgIpc) is 2.39. The van der Waals surface area contributed by atoms with E-state index < -0.39 is 11.6 Å². The van der Waals surface area contributed by atoms with Crippen LogP contribution in [0.1, 0.15) is 11.1 Å². The van der Waals surface area contributed by atoms with Crippen molar-refractivity contribution in [2.24, 2.45) is 5.16 Å². The van der Waals surface area contributed by atoms with Gasteiger partial charge in [0, 0.05) is 5.56 Å². The van der Waals surface area contributed by atoms with Gasteiger partial charge in [-0.25, -0.2) is 8.78 Å². The van der Waals surface area contributed by atoms with E-state index in [4.69, 9.17) is 16.4 Å². The minimum Gasteiger partial charge on any atom is -0.390 e. The Bertz CT molecular complexity index is 581. The molecule has 0 amide bonds. The van der Waals surface area contributed by atoms with Crippen LogP contribution in [0.4, 0.5) is 8.78 Å². The average molecular weight is 281 g/mol. The third-order valence-corrected chi connectivity index (χ3v) is 2.70. The van der Waals surface area contributed by atoms with Gasteiger partial charge in [0.2, 0.25) is 0 Å². The zero-order valence-electron chi connectivity index (χ0n) is 9.74. The van der Waals surface area contributed by atoms with Crippen molar-refractivity contribution in [1.29, 1.82) is 0 Å². The van der Waals surface area contributed by atoms with Crippen LogP contribution in [0.3, 0.4) is 0 Å². The molecule has 0 aliphatic heterocycles. The van der Waals surface area contributed by atoms with Crippen molar-refractivity contribution in [3.63, 3.8) is 0 Å². The van der Waals surface area contributed by atoms with Gasteiger partial charge in [0.25, 0.3) is 0 Å². The summed E-state index contributed by atoms with van der Waals surface area (Å²) in [6, 6.07) is 10.5. The Morgan fingerprint density at radius 2 is 1.74 bits per heavy atom. The van der Waals surface area contributed by atoms with Gasteiger partial charge in [-0.05, 0) is 18.2 Å². The minimum absolute atomic E-state index is 0.174. The van der Waals surface area contributed by atoms with Crippen LogP contribution in [-0.2, 0) is 11.4 Å². The summed E-state index contributed by atoms with van der Waals surface area (Å²) >= 11 is 5.87. The largest absolute Gasteiger partial charge is 0.390 e. The van der Waals surface area contributed by atoms with Crippen molar-refractivity contribution < 1.29 is 13.6 Å². The molecular formula is C14H9ClF2NO. The van der Waals surface area contributed by atoms with Crippen LogP contribution in [0, 0.1) is 11.6 Å². The number of benzene rings is 2. The van der Waals surface area contributed by atoms with Crippen molar-refractivity contribution >= 4 is 17.8 Å². The second-order valence-corrected chi connectivity index (χ2v) is 4.06. The fourth-order valence-electron chi connectivity index (χ4n) is 1.40. The molecule has 0 bridgehead atoms. The first-order chi connectivity index (χ1) is 9.18. The fourth-order valence-corrected chi connectivity index (χ4v) is 1.58. The van der Waals surface area contributed by atoms with Crippen LogP contribution in [0.25, 0.3) is 0 Å². The van der Waals surface area contributed by atoms with Crippen LogP contribution < -0.4 is 0 Å². The zero-order chi connectivity index (χ0) is 13.7. The van der Waals surface area contributed by atoms with E-state index in [1.54, 1.807) is 24.3 Å². The van der Waals surface area contributed by atoms with Gasteiger partial charge in [0.15, 0.2) is 0 Å². The molecule has 0 fully saturated rings. The number of hydrogen-bond donors (Lipinski definition) is 0. The van der Waals surface area contributed by atoms with Gasteiger partial charge in [-0.2, -0.15) is 0 Å². The Hall–Kier alpha value is -1.94. The Morgan fingerprint density at radius 3 is 2.42 bits per heavy atom. The molecule has 0 unspecified atom stereocenters. The van der Waals surface area contributed by atoms with E-state index in [-0.39, 0.29) is 12.2 Å². The van der Waals surface area contributed by atoms with Crippen LogP contribution in [0.2, 0.25) is 5.02 Å². The Labute approximate surface area is 114 Å². The lowest BCUT2D eigenvalue weighted by atomic mass is 10.2. The Kier molecular flexibility index (Phi) is 4.47. The molecule has 0 saturated carbocycles. The topological polar surface area (TPSA) is 21.6 Å². The van der Waals surface area contributed by atoms with Crippen molar-refractivity contribution in [2.75, 3.05) is 0 Å². The van der Waals surface area contributed by atoms with Crippen molar-refractivity contribution in [3.8, 4) is 0 Å². The number of nitrogens with zero attached hydrogens (tertiary/aromatic N) is 1. The first-order valence-corrected chi connectivity index (χ1v) is 5.81. The molecule has 0 aliphatic rings. The zero-order valence-corrected chi connectivity index (χ0v) is 10.5. The molecule has 0 atom stereocenters. The first kappa shape index (κ1) is 13.5. The molecule has 1 radical (unpaired) electrons. The molecule has 97 valence electrons. The monoisotopic (exact) mass is 280 g/mol. The maximum absolute atomic E-state index is 13.3. The smallest absolute Gasteiger partial charge is 0.148 e. The molecule has 0 spiro atoms. The van der Waals surface area contributed by atoms with E-state index in [2.05, 4.69) is 11.4 Å². The van der Waals surface area contributed by atoms with E-state index in [9.17, 15) is 8.78 Å². The lowest BCUT2D eigenvalue weighted by Crippen LogP contribution is -1.96. The quantitative estimate of drug-likeness (QED) is 0.612. The molecule has 2 nitrogen and oxygen atoms in total. The highest BCUT2D eigenvalue weighted by molar-refractivity contribution is 6.33. The summed E-state index contributed by atoms with van der Waals surface area (Å²) in [5.41, 5.74) is 0.366. The molecule has 2 aromatic carbocycles. The molecule has 5 heteroatoms. The second-order valence-electron chi connectivity index (χ2n) is 3.66. The van der Waals surface area contributed by atoms with Gasteiger partial charge < -0.3 is 4.84 Å². The summed E-state index contributed by atoms with van der Waals surface area (Å²) in [6.45, 7) is -0.310. The van der Waals surface area contributed by atoms with Crippen LogP contribution >= 0.6 is 11.6 Å². The molecule has 0 N–H and O–H groups in total. The number of halogens is 3. The van der Waals surface area contributed by atoms with Crippen molar-refractivity contribution in [1.82, 2.24) is 0 Å². The molecule has 0 aromatic heterocycles. The SMILES string of the molecule is Fc1cccc(F)c1CO/N=[C]\c1ccccc1Cl. The van der Waals surface area contributed by atoms with E-state index in [1.807, 2.05) is 0 Å². The highest BCUT2D eigenvalue weighted by Crippen LogP contribution is 2.14. The fraction of sp³-hybridized carbons (Fsp3) is 0.0714. The summed E-state index contributed by atoms with van der Waals surface area (Å²) in [5.74, 6) is -1.35. The lowest BCUT2D eigenvalue weighted by molar-refractivity contribution is 0.126. The maximum atomic E-state index is 13.3. The van der Waals surface area contributed by atoms with E-state index in [0.717, 1.165) is 12.1 Å². The van der Waals surface area contributed by atoms with Crippen molar-refractivity contribution in [2.45, 2.75) is 6.61 Å². The highest BCUT2D eigenvalue weighted by Gasteiger charge is 2.08. The third kappa shape index (κ3) is 3.51. The van der Waals surface area contributed by atoms with Gasteiger partial charge >= 0.3 is 0 Å². The predicted octanol–water partition coefficient (Wildman–Crippen LogP) is 4.05. The van der Waals surface area contributed by atoms with Gasteiger partial charge in [-0.15, -0.1) is 0 Å². The molecule has 0 heterocycles. The molecule has 0 saturated heterocycles. The number of rotatable bonds is 4. The summed E-state index contributed by atoms with van der Waals surface area (Å²) < 4.78 is 26.5. The third-order valence-electron chi connectivity index (χ3n) is 2.38. The number of hydrogen-bond acceptors (Lipinski definition) is 2. The van der Waals surface area contributed by atoms with Gasteiger partial charge in [-0.3, -0.25) is 0 Å². The van der Waals surface area contributed by atoms with Crippen LogP contribution in [-0.4, -0.2) is 6.21 Å². The second kappa shape index (κ2) is 6.29. The summed E-state index contributed by atoms with van der Waals surface area (Å²) in [4.78, 5) is 4.82. The maximum Gasteiger partial charge on any atom is 0.148 e. The minimum atomic E-state index is -0.673.